The van der Waals surface area contributed by atoms with Gasteiger partial charge in [0.15, 0.2) is 0 Å². The van der Waals surface area contributed by atoms with E-state index in [4.69, 9.17) is 11.6 Å². The molecule has 18 heavy (non-hydrogen) atoms. The van der Waals surface area contributed by atoms with E-state index < -0.39 is 11.9 Å². The van der Waals surface area contributed by atoms with Crippen molar-refractivity contribution in [2.45, 2.75) is 0 Å². The Morgan fingerprint density at radius 2 is 2.11 bits per heavy atom. The summed E-state index contributed by atoms with van der Waals surface area (Å²) in [5, 5.41) is 2.92. The van der Waals surface area contributed by atoms with E-state index in [2.05, 4.69) is 26.2 Å². The predicted molar refractivity (Wildman–Crippen MR) is 71.3 cm³/mol. The average Bonchev–Trinajstić information content (AvgIpc) is 2.27. The van der Waals surface area contributed by atoms with Gasteiger partial charge in [0.1, 0.15) is 5.82 Å². The second kappa shape index (κ2) is 5.46. The Bertz CT molecular complexity index is 586. The van der Waals surface area contributed by atoms with Gasteiger partial charge in [0.2, 0.25) is 5.95 Å². The highest BCUT2D eigenvalue weighted by molar-refractivity contribution is 9.10. The average molecular weight is 330 g/mol. The molecule has 0 aliphatic heterocycles. The van der Waals surface area contributed by atoms with E-state index in [0.717, 1.165) is 0 Å². The Kier molecular flexibility index (Phi) is 3.93. The van der Waals surface area contributed by atoms with Crippen molar-refractivity contribution in [3.8, 4) is 0 Å². The molecule has 1 heterocycles. The zero-order valence-electron chi connectivity index (χ0n) is 8.95. The fraction of sp³-hybridized carbons (Fsp3) is 0. The second-order valence-electron chi connectivity index (χ2n) is 3.46. The van der Waals surface area contributed by atoms with Crippen LogP contribution in [0.1, 0.15) is 10.4 Å². The highest BCUT2D eigenvalue weighted by Gasteiger charge is 2.09. The highest BCUT2D eigenvalue weighted by atomic mass is 79.9. The fourth-order valence-corrected chi connectivity index (χ4v) is 2.21. The molecule has 1 aromatic heterocycles. The monoisotopic (exact) mass is 328 g/mol. The lowest BCUT2D eigenvalue weighted by molar-refractivity contribution is 0.102. The van der Waals surface area contributed by atoms with E-state index in [-0.39, 0.29) is 5.82 Å². The molecule has 0 radical (unpaired) electrons. The number of anilines is 1. The SMILES string of the molecule is O=C(Nc1cccc(F)n1)c1cc(Cl)cc(Br)c1. The van der Waals surface area contributed by atoms with Gasteiger partial charge in [-0.3, -0.25) is 4.79 Å². The molecule has 1 N–H and O–H groups in total. The van der Waals surface area contributed by atoms with E-state index in [1.807, 2.05) is 0 Å². The molecule has 0 atom stereocenters. The van der Waals surface area contributed by atoms with Crippen molar-refractivity contribution < 1.29 is 9.18 Å². The molecule has 92 valence electrons. The zero-order valence-corrected chi connectivity index (χ0v) is 11.3. The van der Waals surface area contributed by atoms with Gasteiger partial charge < -0.3 is 5.32 Å². The number of hydrogen-bond acceptors (Lipinski definition) is 2. The first-order valence-electron chi connectivity index (χ1n) is 4.94. The van der Waals surface area contributed by atoms with Crippen molar-refractivity contribution in [2.24, 2.45) is 0 Å². The number of nitrogens with zero attached hydrogens (tertiary/aromatic N) is 1. The van der Waals surface area contributed by atoms with Crippen LogP contribution in [0.3, 0.4) is 0 Å². The quantitative estimate of drug-likeness (QED) is 0.849. The molecule has 0 unspecified atom stereocenters. The number of amides is 1. The van der Waals surface area contributed by atoms with Gasteiger partial charge in [-0.1, -0.05) is 33.6 Å². The fourth-order valence-electron chi connectivity index (χ4n) is 1.35. The zero-order chi connectivity index (χ0) is 13.1. The maximum absolute atomic E-state index is 12.9. The first-order valence-corrected chi connectivity index (χ1v) is 6.12. The minimum atomic E-state index is -0.653. The molecular weight excluding hydrogens is 322 g/mol. The van der Waals surface area contributed by atoms with Crippen LogP contribution < -0.4 is 5.32 Å². The Morgan fingerprint density at radius 3 is 2.78 bits per heavy atom. The second-order valence-corrected chi connectivity index (χ2v) is 4.81. The third kappa shape index (κ3) is 3.27. The summed E-state index contributed by atoms with van der Waals surface area (Å²) in [5.41, 5.74) is 0.362. The molecule has 2 rings (SSSR count). The molecule has 0 saturated carbocycles. The molecule has 0 aliphatic rings. The summed E-state index contributed by atoms with van der Waals surface area (Å²) in [4.78, 5) is 15.4. The normalized spacial score (nSPS) is 10.2. The van der Waals surface area contributed by atoms with Crippen LogP contribution in [0.25, 0.3) is 0 Å². The van der Waals surface area contributed by atoms with Gasteiger partial charge in [0, 0.05) is 15.1 Å². The lowest BCUT2D eigenvalue weighted by Gasteiger charge is -2.05. The van der Waals surface area contributed by atoms with Crippen molar-refractivity contribution in [1.29, 1.82) is 0 Å². The number of benzene rings is 1. The van der Waals surface area contributed by atoms with Gasteiger partial charge in [-0.25, -0.2) is 4.98 Å². The van der Waals surface area contributed by atoms with Crippen LogP contribution in [0.4, 0.5) is 10.2 Å². The highest BCUT2D eigenvalue weighted by Crippen LogP contribution is 2.20. The van der Waals surface area contributed by atoms with Gasteiger partial charge in [-0.05, 0) is 30.3 Å². The van der Waals surface area contributed by atoms with Crippen LogP contribution >= 0.6 is 27.5 Å². The minimum Gasteiger partial charge on any atom is -0.306 e. The summed E-state index contributed by atoms with van der Waals surface area (Å²) >= 11 is 9.08. The first kappa shape index (κ1) is 13.0. The third-order valence-electron chi connectivity index (χ3n) is 2.08. The molecule has 1 amide bonds. The molecule has 1 aromatic carbocycles. The van der Waals surface area contributed by atoms with Crippen LogP contribution in [-0.4, -0.2) is 10.9 Å². The summed E-state index contributed by atoms with van der Waals surface area (Å²) in [6.07, 6.45) is 0. The van der Waals surface area contributed by atoms with Gasteiger partial charge in [0.25, 0.3) is 5.91 Å². The van der Waals surface area contributed by atoms with Crippen LogP contribution in [-0.2, 0) is 0 Å². The number of carbonyl (C=O) groups is 1. The first-order chi connectivity index (χ1) is 8.54. The minimum absolute atomic E-state index is 0.149. The molecule has 6 heteroatoms. The summed E-state index contributed by atoms with van der Waals surface area (Å²) in [6.45, 7) is 0. The van der Waals surface area contributed by atoms with Gasteiger partial charge >= 0.3 is 0 Å². The van der Waals surface area contributed by atoms with E-state index in [0.29, 0.717) is 15.1 Å². The van der Waals surface area contributed by atoms with E-state index in [1.165, 1.54) is 24.3 Å². The van der Waals surface area contributed by atoms with E-state index in [9.17, 15) is 9.18 Å². The molecule has 0 fully saturated rings. The molecule has 0 bridgehead atoms. The molecule has 0 spiro atoms. The number of pyridine rings is 1. The van der Waals surface area contributed by atoms with Crippen LogP contribution in [0.2, 0.25) is 5.02 Å². The smallest absolute Gasteiger partial charge is 0.256 e. The van der Waals surface area contributed by atoms with Gasteiger partial charge in [0.05, 0.1) is 0 Å². The summed E-state index contributed by atoms with van der Waals surface area (Å²) < 4.78 is 13.5. The van der Waals surface area contributed by atoms with Gasteiger partial charge in [-0.15, -0.1) is 0 Å². The molecule has 2 aromatic rings. The lowest BCUT2D eigenvalue weighted by atomic mass is 10.2. The maximum Gasteiger partial charge on any atom is 0.256 e. The molecule has 0 saturated heterocycles. The standard InChI is InChI=1S/C12H7BrClFN2O/c13-8-4-7(5-9(14)6-8)12(18)17-11-3-1-2-10(15)16-11/h1-6H,(H,16,17,18). The Hall–Kier alpha value is -1.46. The van der Waals surface area contributed by atoms with Crippen molar-refractivity contribution in [2.75, 3.05) is 5.32 Å². The third-order valence-corrected chi connectivity index (χ3v) is 2.76. The lowest BCUT2D eigenvalue weighted by Crippen LogP contribution is -2.13. The van der Waals surface area contributed by atoms with E-state index in [1.54, 1.807) is 12.1 Å². The Morgan fingerprint density at radius 1 is 1.33 bits per heavy atom. The van der Waals surface area contributed by atoms with Crippen LogP contribution in [0, 0.1) is 5.95 Å². The number of carbonyl (C=O) groups excluding carboxylic acids is 1. The number of hydrogen-bond donors (Lipinski definition) is 1. The van der Waals surface area contributed by atoms with Crippen molar-refractivity contribution in [3.05, 3.63) is 57.4 Å². The molecular formula is C12H7BrClFN2O. The van der Waals surface area contributed by atoms with E-state index >= 15 is 0 Å². The Labute approximate surface area is 116 Å². The summed E-state index contributed by atoms with van der Waals surface area (Å²) in [7, 11) is 0. The number of nitrogens with one attached hydrogen (secondary N) is 1. The van der Waals surface area contributed by atoms with Crippen molar-refractivity contribution >= 4 is 39.3 Å². The predicted octanol–water partition coefficient (Wildman–Crippen LogP) is 3.89. The van der Waals surface area contributed by atoms with Crippen molar-refractivity contribution in [3.63, 3.8) is 0 Å². The van der Waals surface area contributed by atoms with Crippen molar-refractivity contribution in [1.82, 2.24) is 4.98 Å². The summed E-state index contributed by atoms with van der Waals surface area (Å²) in [6, 6.07) is 8.96. The summed E-state index contributed by atoms with van der Waals surface area (Å²) in [5.74, 6) is -0.910. The number of aromatic nitrogens is 1. The Balaban J connectivity index is 2.22. The largest absolute Gasteiger partial charge is 0.306 e. The number of halogens is 3. The van der Waals surface area contributed by atoms with Crippen LogP contribution in [0.5, 0.6) is 0 Å². The molecule has 0 aliphatic carbocycles. The van der Waals surface area contributed by atoms with Crippen LogP contribution in [0.15, 0.2) is 40.9 Å². The maximum atomic E-state index is 12.9. The molecule has 3 nitrogen and oxygen atoms in total. The van der Waals surface area contributed by atoms with Gasteiger partial charge in [-0.2, -0.15) is 4.39 Å². The topological polar surface area (TPSA) is 42.0 Å². The number of rotatable bonds is 2.